The molecule has 2 aromatic heterocycles. The molecule has 28 heavy (non-hydrogen) atoms. The molecule has 2 aromatic rings. The first-order chi connectivity index (χ1) is 13.6. The Morgan fingerprint density at radius 2 is 2.07 bits per heavy atom. The monoisotopic (exact) mass is 382 g/mol. The van der Waals surface area contributed by atoms with Gasteiger partial charge in [0, 0.05) is 30.2 Å². The molecule has 8 heteroatoms. The lowest BCUT2D eigenvalue weighted by atomic mass is 9.92. The van der Waals surface area contributed by atoms with Crippen LogP contribution in [0.25, 0.3) is 0 Å². The number of primary amides is 1. The highest BCUT2D eigenvalue weighted by Crippen LogP contribution is 2.25. The second-order valence-corrected chi connectivity index (χ2v) is 7.68. The molecule has 2 heterocycles. The number of anilines is 2. The number of aliphatic hydroxyl groups excluding tert-OH is 1. The minimum absolute atomic E-state index is 0.0669. The Kier molecular flexibility index (Phi) is 5.38. The van der Waals surface area contributed by atoms with Crippen molar-refractivity contribution in [3.05, 3.63) is 41.3 Å². The van der Waals surface area contributed by atoms with Crippen molar-refractivity contribution < 1.29 is 9.90 Å². The fourth-order valence-electron chi connectivity index (χ4n) is 4.10. The van der Waals surface area contributed by atoms with Crippen molar-refractivity contribution in [2.75, 3.05) is 10.6 Å². The van der Waals surface area contributed by atoms with E-state index < -0.39 is 5.91 Å². The number of pyridine rings is 1. The predicted molar refractivity (Wildman–Crippen MR) is 106 cm³/mol. The zero-order chi connectivity index (χ0) is 19.5. The minimum atomic E-state index is -0.567. The van der Waals surface area contributed by atoms with Gasteiger partial charge in [0.15, 0.2) is 0 Å². The van der Waals surface area contributed by atoms with Crippen molar-refractivity contribution in [2.45, 2.75) is 63.1 Å². The molecular weight excluding hydrogens is 356 g/mol. The normalized spacial score (nSPS) is 24.2. The summed E-state index contributed by atoms with van der Waals surface area (Å²) in [7, 11) is 0. The highest BCUT2D eigenvalue weighted by molar-refractivity contribution is 5.97. The number of aryl methyl sites for hydroxylation is 1. The molecule has 0 unspecified atom stereocenters. The molecular formula is C20H26N6O2. The topological polar surface area (TPSA) is 126 Å². The number of hydrogen-bond donors (Lipinski definition) is 4. The molecule has 4 rings (SSSR count). The van der Waals surface area contributed by atoms with Crippen LogP contribution in [0, 0.1) is 0 Å². The molecule has 8 nitrogen and oxygen atoms in total. The van der Waals surface area contributed by atoms with Crippen LogP contribution < -0.4 is 16.4 Å². The Balaban J connectivity index is 1.49. The molecule has 0 radical (unpaired) electrons. The Labute approximate surface area is 164 Å². The van der Waals surface area contributed by atoms with Crippen LogP contribution in [0.4, 0.5) is 11.8 Å². The van der Waals surface area contributed by atoms with E-state index in [9.17, 15) is 9.90 Å². The molecule has 0 aliphatic heterocycles. The van der Waals surface area contributed by atoms with Gasteiger partial charge in [-0.25, -0.2) is 4.98 Å². The number of fused-ring (bicyclic) bond motifs is 1. The summed E-state index contributed by atoms with van der Waals surface area (Å²) in [4.78, 5) is 25.1. The third-order valence-corrected chi connectivity index (χ3v) is 5.56. The molecule has 2 aliphatic carbocycles. The van der Waals surface area contributed by atoms with E-state index in [1.807, 2.05) is 12.3 Å². The van der Waals surface area contributed by atoms with Crippen LogP contribution >= 0.6 is 0 Å². The molecule has 148 valence electrons. The summed E-state index contributed by atoms with van der Waals surface area (Å²) in [6.07, 6.45) is 9.02. The number of rotatable bonds is 5. The van der Waals surface area contributed by atoms with Gasteiger partial charge in [-0.1, -0.05) is 6.07 Å². The van der Waals surface area contributed by atoms with Crippen LogP contribution in [0.1, 0.15) is 53.7 Å². The largest absolute Gasteiger partial charge is 0.393 e. The third kappa shape index (κ3) is 4.22. The molecule has 1 fully saturated rings. The molecule has 0 aromatic carbocycles. The van der Waals surface area contributed by atoms with E-state index in [0.717, 1.165) is 44.2 Å². The van der Waals surface area contributed by atoms with Crippen LogP contribution in [-0.2, 0) is 12.8 Å². The van der Waals surface area contributed by atoms with Crippen molar-refractivity contribution in [1.82, 2.24) is 15.0 Å². The molecule has 3 atom stereocenters. The molecule has 2 aliphatic rings. The fourth-order valence-corrected chi connectivity index (χ4v) is 4.10. The fraction of sp³-hybridized carbons (Fsp3) is 0.500. The Morgan fingerprint density at radius 3 is 2.89 bits per heavy atom. The third-order valence-electron chi connectivity index (χ3n) is 5.56. The summed E-state index contributed by atoms with van der Waals surface area (Å²) >= 11 is 0. The lowest BCUT2D eigenvalue weighted by Crippen LogP contribution is -2.32. The van der Waals surface area contributed by atoms with Gasteiger partial charge in [0.2, 0.25) is 5.95 Å². The summed E-state index contributed by atoms with van der Waals surface area (Å²) in [5.41, 5.74) is 8.17. The molecule has 0 spiro atoms. The van der Waals surface area contributed by atoms with Gasteiger partial charge in [-0.05, 0) is 56.6 Å². The summed E-state index contributed by atoms with van der Waals surface area (Å²) in [6.45, 7) is 0. The maximum Gasteiger partial charge on any atom is 0.254 e. The smallest absolute Gasteiger partial charge is 0.254 e. The number of hydrogen-bond acceptors (Lipinski definition) is 7. The SMILES string of the molecule is NC(=O)c1cnc(N[C@H]2CCc3ncccc3C2)nc1N[C@@H]1CCC[C@H](O)C1. The van der Waals surface area contributed by atoms with Crippen LogP contribution in [0.5, 0.6) is 0 Å². The average molecular weight is 382 g/mol. The number of nitrogens with one attached hydrogen (secondary N) is 2. The summed E-state index contributed by atoms with van der Waals surface area (Å²) in [5, 5.41) is 16.6. The Bertz CT molecular complexity index is 858. The molecule has 5 N–H and O–H groups in total. The lowest BCUT2D eigenvalue weighted by molar-refractivity contribution is 0.100. The Morgan fingerprint density at radius 1 is 1.18 bits per heavy atom. The number of aliphatic hydroxyl groups is 1. The van der Waals surface area contributed by atoms with Gasteiger partial charge in [0.25, 0.3) is 5.91 Å². The first-order valence-electron chi connectivity index (χ1n) is 9.89. The van der Waals surface area contributed by atoms with Crippen LogP contribution in [-0.4, -0.2) is 44.2 Å². The number of amides is 1. The standard InChI is InChI=1S/C20H26N6O2/c21-18(28)16-11-23-20(26-19(16)24-13-4-1-5-15(27)10-13)25-14-6-7-17-12(9-14)3-2-8-22-17/h2-3,8,11,13-15,27H,1,4-7,9-10H2,(H2,21,28)(H2,23,24,25,26)/t13-,14+,15+/m1/s1. The highest BCUT2D eigenvalue weighted by atomic mass is 16.3. The zero-order valence-corrected chi connectivity index (χ0v) is 15.8. The van der Waals surface area contributed by atoms with Crippen molar-refractivity contribution in [1.29, 1.82) is 0 Å². The molecule has 1 saturated carbocycles. The van der Waals surface area contributed by atoms with Crippen LogP contribution in [0.15, 0.2) is 24.5 Å². The predicted octanol–water partition coefficient (Wildman–Crippen LogP) is 1.66. The van der Waals surface area contributed by atoms with Crippen LogP contribution in [0.2, 0.25) is 0 Å². The van der Waals surface area contributed by atoms with E-state index in [4.69, 9.17) is 5.73 Å². The van der Waals surface area contributed by atoms with E-state index in [1.165, 1.54) is 11.8 Å². The molecule has 0 saturated heterocycles. The van der Waals surface area contributed by atoms with E-state index in [2.05, 4.69) is 31.7 Å². The van der Waals surface area contributed by atoms with Crippen LogP contribution in [0.3, 0.4) is 0 Å². The van der Waals surface area contributed by atoms with E-state index in [0.29, 0.717) is 18.2 Å². The zero-order valence-electron chi connectivity index (χ0n) is 15.8. The molecule has 0 bridgehead atoms. The van der Waals surface area contributed by atoms with Gasteiger partial charge >= 0.3 is 0 Å². The summed E-state index contributed by atoms with van der Waals surface area (Å²) < 4.78 is 0. The van der Waals surface area contributed by atoms with Crippen molar-refractivity contribution in [3.8, 4) is 0 Å². The molecule has 1 amide bonds. The van der Waals surface area contributed by atoms with E-state index >= 15 is 0 Å². The van der Waals surface area contributed by atoms with Gasteiger partial charge in [0.05, 0.1) is 11.7 Å². The van der Waals surface area contributed by atoms with Crippen molar-refractivity contribution in [2.24, 2.45) is 5.73 Å². The van der Waals surface area contributed by atoms with Gasteiger partial charge in [-0.3, -0.25) is 9.78 Å². The quantitative estimate of drug-likeness (QED) is 0.619. The number of nitrogens with zero attached hydrogens (tertiary/aromatic N) is 3. The van der Waals surface area contributed by atoms with Crippen molar-refractivity contribution in [3.63, 3.8) is 0 Å². The number of carbonyl (C=O) groups is 1. The first-order valence-corrected chi connectivity index (χ1v) is 9.89. The van der Waals surface area contributed by atoms with E-state index in [-0.39, 0.29) is 23.8 Å². The Hall–Kier alpha value is -2.74. The maximum atomic E-state index is 11.8. The number of nitrogens with two attached hydrogens (primary N) is 1. The van der Waals surface area contributed by atoms with Gasteiger partial charge in [-0.2, -0.15) is 4.98 Å². The van der Waals surface area contributed by atoms with E-state index in [1.54, 1.807) is 0 Å². The minimum Gasteiger partial charge on any atom is -0.393 e. The van der Waals surface area contributed by atoms with Gasteiger partial charge < -0.3 is 21.5 Å². The lowest BCUT2D eigenvalue weighted by Gasteiger charge is -2.28. The maximum absolute atomic E-state index is 11.8. The van der Waals surface area contributed by atoms with Crippen molar-refractivity contribution >= 4 is 17.7 Å². The average Bonchev–Trinajstić information content (AvgIpc) is 2.68. The second kappa shape index (κ2) is 8.10. The number of carbonyl (C=O) groups excluding carboxylic acids is 1. The summed E-state index contributed by atoms with van der Waals surface area (Å²) in [5.74, 6) is 0.339. The summed E-state index contributed by atoms with van der Waals surface area (Å²) in [6, 6.07) is 4.34. The van der Waals surface area contributed by atoms with Gasteiger partial charge in [0.1, 0.15) is 5.82 Å². The van der Waals surface area contributed by atoms with Gasteiger partial charge in [-0.15, -0.1) is 0 Å². The highest BCUT2D eigenvalue weighted by Gasteiger charge is 2.24. The first kappa shape index (κ1) is 18.6. The second-order valence-electron chi connectivity index (χ2n) is 7.68. The number of aromatic nitrogens is 3.